The summed E-state index contributed by atoms with van der Waals surface area (Å²) in [5.41, 5.74) is 1.02. The van der Waals surface area contributed by atoms with E-state index in [1.54, 1.807) is 37.2 Å². The minimum atomic E-state index is -0.179. The molecule has 0 aromatic heterocycles. The number of halogens is 2. The number of likely N-dealkylation sites (N-methyl/N-ethyl adjacent to an activating group) is 2. The fourth-order valence-corrected chi connectivity index (χ4v) is 3.46. The third kappa shape index (κ3) is 2.63. The van der Waals surface area contributed by atoms with E-state index in [9.17, 15) is 9.90 Å². The number of hydrogen-bond acceptors (Lipinski definition) is 3. The molecule has 0 bridgehead atoms. The zero-order valence-corrected chi connectivity index (χ0v) is 14.7. The summed E-state index contributed by atoms with van der Waals surface area (Å²) >= 11 is 10.5. The Morgan fingerprint density at radius 3 is 2.53 bits per heavy atom. The standard InChI is InChI=1S/C12H10BrIN2O2S/c1-15-9(11(18)16(2)12(15)19)4-6-3-7(13)5-8(14)10(6)17/h3-5,17H,1-2H3/b9-4-. The molecule has 1 amide bonds. The van der Waals surface area contributed by atoms with Gasteiger partial charge in [-0.2, -0.15) is 0 Å². The number of phenols is 1. The Labute approximate surface area is 138 Å². The topological polar surface area (TPSA) is 43.8 Å². The predicted octanol–water partition coefficient (Wildman–Crippen LogP) is 2.79. The largest absolute Gasteiger partial charge is 0.506 e. The number of thiocarbonyl (C=S) groups is 1. The van der Waals surface area contributed by atoms with Crippen molar-refractivity contribution in [1.29, 1.82) is 0 Å². The summed E-state index contributed by atoms with van der Waals surface area (Å²) < 4.78 is 1.55. The van der Waals surface area contributed by atoms with Crippen LogP contribution in [0.25, 0.3) is 6.08 Å². The molecule has 1 heterocycles. The first-order valence-electron chi connectivity index (χ1n) is 5.28. The van der Waals surface area contributed by atoms with E-state index < -0.39 is 0 Å². The molecule has 1 aliphatic rings. The first-order valence-corrected chi connectivity index (χ1v) is 7.56. The van der Waals surface area contributed by atoms with E-state index in [2.05, 4.69) is 15.9 Å². The average Bonchev–Trinajstić information content (AvgIpc) is 2.53. The highest BCUT2D eigenvalue weighted by Gasteiger charge is 2.32. The van der Waals surface area contributed by atoms with Crippen LogP contribution < -0.4 is 0 Å². The predicted molar refractivity (Wildman–Crippen MR) is 89.6 cm³/mol. The number of phenolic OH excluding ortho intramolecular Hbond substituents is 1. The molecule has 0 atom stereocenters. The van der Waals surface area contributed by atoms with Crippen molar-refractivity contribution in [2.75, 3.05) is 14.1 Å². The van der Waals surface area contributed by atoms with Gasteiger partial charge in [0.2, 0.25) is 0 Å². The summed E-state index contributed by atoms with van der Waals surface area (Å²) in [7, 11) is 3.36. The van der Waals surface area contributed by atoms with E-state index in [0.717, 1.165) is 4.47 Å². The van der Waals surface area contributed by atoms with E-state index in [1.807, 2.05) is 22.6 Å². The Morgan fingerprint density at radius 1 is 1.37 bits per heavy atom. The lowest BCUT2D eigenvalue weighted by molar-refractivity contribution is -0.121. The van der Waals surface area contributed by atoms with Crippen LogP contribution >= 0.6 is 50.7 Å². The number of rotatable bonds is 1. The number of carbonyl (C=O) groups excluding carboxylic acids is 1. The van der Waals surface area contributed by atoms with Gasteiger partial charge in [0, 0.05) is 24.1 Å². The molecule has 1 saturated heterocycles. The Kier molecular flexibility index (Phi) is 4.17. The van der Waals surface area contributed by atoms with Crippen molar-refractivity contribution in [1.82, 2.24) is 9.80 Å². The van der Waals surface area contributed by atoms with Crippen LogP contribution in [0.15, 0.2) is 22.3 Å². The summed E-state index contributed by atoms with van der Waals surface area (Å²) in [5.74, 6) is -0.0279. The van der Waals surface area contributed by atoms with Gasteiger partial charge >= 0.3 is 0 Å². The van der Waals surface area contributed by atoms with Gasteiger partial charge in [-0.1, -0.05) is 15.9 Å². The molecule has 0 aliphatic carbocycles. The lowest BCUT2D eigenvalue weighted by Crippen LogP contribution is -2.26. The molecule has 0 saturated carbocycles. The minimum absolute atomic E-state index is 0.151. The minimum Gasteiger partial charge on any atom is -0.506 e. The second-order valence-corrected chi connectivity index (χ2v) is 6.50. The van der Waals surface area contributed by atoms with E-state index >= 15 is 0 Å². The average molecular weight is 453 g/mol. The molecule has 2 rings (SSSR count). The maximum absolute atomic E-state index is 12.0. The highest BCUT2D eigenvalue weighted by molar-refractivity contribution is 14.1. The third-order valence-corrected chi connectivity index (χ3v) is 4.64. The molecule has 19 heavy (non-hydrogen) atoms. The fourth-order valence-electron chi connectivity index (χ4n) is 1.73. The van der Waals surface area contributed by atoms with Gasteiger partial charge in [-0.3, -0.25) is 9.69 Å². The Hall–Kier alpha value is -0.670. The highest BCUT2D eigenvalue weighted by Crippen LogP contribution is 2.31. The van der Waals surface area contributed by atoms with Crippen molar-refractivity contribution >= 4 is 67.8 Å². The first kappa shape index (κ1) is 14.7. The molecule has 1 N–H and O–H groups in total. The maximum Gasteiger partial charge on any atom is 0.276 e. The number of aromatic hydroxyl groups is 1. The molecule has 4 nitrogen and oxygen atoms in total. The zero-order chi connectivity index (χ0) is 14.3. The molecule has 1 fully saturated rings. The maximum atomic E-state index is 12.0. The number of nitrogens with zero attached hydrogens (tertiary/aromatic N) is 2. The van der Waals surface area contributed by atoms with Gasteiger partial charge in [-0.25, -0.2) is 0 Å². The summed E-state index contributed by atoms with van der Waals surface area (Å²) in [5, 5.41) is 10.5. The summed E-state index contributed by atoms with van der Waals surface area (Å²) in [6.45, 7) is 0. The van der Waals surface area contributed by atoms with Crippen LogP contribution in [-0.2, 0) is 4.79 Å². The van der Waals surface area contributed by atoms with Crippen LogP contribution in [0.5, 0.6) is 5.75 Å². The molecule has 1 aromatic carbocycles. The van der Waals surface area contributed by atoms with Crippen LogP contribution in [0.1, 0.15) is 5.56 Å². The summed E-state index contributed by atoms with van der Waals surface area (Å²) in [6, 6.07) is 3.56. The van der Waals surface area contributed by atoms with Crippen molar-refractivity contribution in [2.45, 2.75) is 0 Å². The number of hydrogen-bond donors (Lipinski definition) is 1. The smallest absolute Gasteiger partial charge is 0.276 e. The molecule has 100 valence electrons. The number of carbonyl (C=O) groups is 1. The van der Waals surface area contributed by atoms with Crippen LogP contribution in [0.2, 0.25) is 0 Å². The van der Waals surface area contributed by atoms with Crippen molar-refractivity contribution in [3.05, 3.63) is 31.4 Å². The highest BCUT2D eigenvalue weighted by atomic mass is 127. The summed E-state index contributed by atoms with van der Waals surface area (Å²) in [4.78, 5) is 15.1. The monoisotopic (exact) mass is 452 g/mol. The normalized spacial score (nSPS) is 17.8. The van der Waals surface area contributed by atoms with E-state index in [-0.39, 0.29) is 11.7 Å². The van der Waals surface area contributed by atoms with E-state index in [1.165, 1.54) is 4.90 Å². The van der Waals surface area contributed by atoms with Gasteiger partial charge in [-0.05, 0) is 53.0 Å². The molecule has 0 unspecified atom stereocenters. The van der Waals surface area contributed by atoms with Gasteiger partial charge in [0.15, 0.2) is 5.11 Å². The molecule has 7 heteroatoms. The number of benzene rings is 1. The second-order valence-electron chi connectivity index (χ2n) is 4.06. The summed E-state index contributed by atoms with van der Waals surface area (Å²) in [6.07, 6.45) is 1.64. The van der Waals surface area contributed by atoms with E-state index in [0.29, 0.717) is 19.9 Å². The van der Waals surface area contributed by atoms with Gasteiger partial charge in [0.05, 0.1) is 3.57 Å². The van der Waals surface area contributed by atoms with Gasteiger partial charge in [0.1, 0.15) is 11.4 Å². The quantitative estimate of drug-likeness (QED) is 0.404. The van der Waals surface area contributed by atoms with Crippen molar-refractivity contribution in [2.24, 2.45) is 0 Å². The zero-order valence-electron chi connectivity index (χ0n) is 10.1. The Bertz CT molecular complexity index is 618. The van der Waals surface area contributed by atoms with Crippen molar-refractivity contribution in [3.8, 4) is 5.75 Å². The molecular weight excluding hydrogens is 443 g/mol. The molecule has 1 aromatic rings. The van der Waals surface area contributed by atoms with Crippen LogP contribution in [-0.4, -0.2) is 40.0 Å². The third-order valence-electron chi connectivity index (χ3n) is 2.81. The van der Waals surface area contributed by atoms with Crippen LogP contribution in [0, 0.1) is 3.57 Å². The van der Waals surface area contributed by atoms with Crippen LogP contribution in [0.4, 0.5) is 0 Å². The number of amides is 1. The first-order chi connectivity index (χ1) is 8.82. The molecule has 1 aliphatic heterocycles. The van der Waals surface area contributed by atoms with Gasteiger partial charge < -0.3 is 10.0 Å². The van der Waals surface area contributed by atoms with Crippen molar-refractivity contribution in [3.63, 3.8) is 0 Å². The molecule has 0 radical (unpaired) electrons. The molecular formula is C12H10BrIN2O2S. The van der Waals surface area contributed by atoms with E-state index in [4.69, 9.17) is 12.2 Å². The van der Waals surface area contributed by atoms with Gasteiger partial charge in [0.25, 0.3) is 5.91 Å². The SMILES string of the molecule is CN1C(=O)/C(=C/c2cc(Br)cc(I)c2O)N(C)C1=S. The van der Waals surface area contributed by atoms with Gasteiger partial charge in [-0.15, -0.1) is 0 Å². The molecule has 0 spiro atoms. The second kappa shape index (κ2) is 5.37. The Morgan fingerprint density at radius 2 is 2.00 bits per heavy atom. The van der Waals surface area contributed by atoms with Crippen molar-refractivity contribution < 1.29 is 9.90 Å². The fraction of sp³-hybridized carbons (Fsp3) is 0.167. The lowest BCUT2D eigenvalue weighted by atomic mass is 10.1. The van der Waals surface area contributed by atoms with Crippen LogP contribution in [0.3, 0.4) is 0 Å². The Balaban J connectivity index is 2.53. The lowest BCUT2D eigenvalue weighted by Gasteiger charge is -2.11.